The fraction of sp³-hybridized carbons (Fsp3) is 0.308. The second kappa shape index (κ2) is 4.92. The van der Waals surface area contributed by atoms with Gasteiger partial charge in [0.15, 0.2) is 0 Å². The average molecular weight is 294 g/mol. The molecule has 0 saturated carbocycles. The van der Waals surface area contributed by atoms with Crippen LogP contribution in [0, 0.1) is 0 Å². The molecule has 2 rings (SSSR count). The maximum atomic E-state index is 5.98. The van der Waals surface area contributed by atoms with Crippen molar-refractivity contribution >= 4 is 21.7 Å². The van der Waals surface area contributed by atoms with E-state index in [9.17, 15) is 0 Å². The molecule has 1 heterocycles. The van der Waals surface area contributed by atoms with Crippen molar-refractivity contribution in [2.45, 2.75) is 26.3 Å². The molecule has 0 spiro atoms. The Morgan fingerprint density at radius 3 is 2.59 bits per heavy atom. The Labute approximate surface area is 110 Å². The van der Waals surface area contributed by atoms with Crippen LogP contribution < -0.4 is 5.73 Å². The zero-order valence-corrected chi connectivity index (χ0v) is 11.6. The number of nitrogens with zero attached hydrogens (tertiary/aromatic N) is 2. The van der Waals surface area contributed by atoms with Gasteiger partial charge < -0.3 is 5.73 Å². The van der Waals surface area contributed by atoms with Crippen LogP contribution >= 0.6 is 15.9 Å². The van der Waals surface area contributed by atoms with Crippen LogP contribution in [0.5, 0.6) is 0 Å². The van der Waals surface area contributed by atoms with Gasteiger partial charge in [-0.2, -0.15) is 5.10 Å². The molecule has 1 aromatic heterocycles. The molecule has 1 aromatic carbocycles. The Balaban J connectivity index is 2.37. The molecule has 90 valence electrons. The average Bonchev–Trinajstić information content (AvgIpc) is 2.71. The predicted octanol–water partition coefficient (Wildman–Crippen LogP) is 3.87. The highest BCUT2D eigenvalue weighted by Crippen LogP contribution is 2.24. The van der Waals surface area contributed by atoms with Crippen molar-refractivity contribution in [1.29, 1.82) is 0 Å². The zero-order chi connectivity index (χ0) is 12.4. The first-order valence-electron chi connectivity index (χ1n) is 5.72. The maximum absolute atomic E-state index is 5.98. The van der Waals surface area contributed by atoms with Gasteiger partial charge in [0.1, 0.15) is 5.82 Å². The van der Waals surface area contributed by atoms with Crippen molar-refractivity contribution in [3.8, 4) is 11.3 Å². The van der Waals surface area contributed by atoms with Gasteiger partial charge in [-0.1, -0.05) is 35.0 Å². The molecule has 4 heteroatoms. The summed E-state index contributed by atoms with van der Waals surface area (Å²) in [6, 6.07) is 10.3. The molecule has 0 aliphatic heterocycles. The number of nitrogens with two attached hydrogens (primary N) is 1. The van der Waals surface area contributed by atoms with Gasteiger partial charge in [0.25, 0.3) is 0 Å². The molecule has 0 saturated heterocycles. The van der Waals surface area contributed by atoms with Gasteiger partial charge in [0, 0.05) is 16.1 Å². The third-order valence-corrected chi connectivity index (χ3v) is 3.44. The summed E-state index contributed by atoms with van der Waals surface area (Å²) in [6.45, 7) is 4.25. The number of benzene rings is 1. The number of halogens is 1. The largest absolute Gasteiger partial charge is 0.384 e. The molecule has 0 aliphatic carbocycles. The van der Waals surface area contributed by atoms with Crippen molar-refractivity contribution in [2.24, 2.45) is 0 Å². The van der Waals surface area contributed by atoms with E-state index in [4.69, 9.17) is 5.73 Å². The van der Waals surface area contributed by atoms with Crippen LogP contribution in [0.1, 0.15) is 26.3 Å². The number of hydrogen-bond acceptors (Lipinski definition) is 2. The van der Waals surface area contributed by atoms with E-state index in [0.717, 1.165) is 28.0 Å². The number of hydrogen-bond donors (Lipinski definition) is 1. The van der Waals surface area contributed by atoms with E-state index in [1.165, 1.54) is 0 Å². The molecule has 0 aliphatic rings. The monoisotopic (exact) mass is 293 g/mol. The third kappa shape index (κ3) is 2.52. The molecule has 2 N–H and O–H groups in total. The lowest BCUT2D eigenvalue weighted by molar-refractivity contribution is 0.486. The van der Waals surface area contributed by atoms with Gasteiger partial charge >= 0.3 is 0 Å². The quantitative estimate of drug-likeness (QED) is 0.934. The SMILES string of the molecule is CCC(C)n1nc(-c2ccc(Br)cc2)cc1N. The minimum Gasteiger partial charge on any atom is -0.384 e. The van der Waals surface area contributed by atoms with E-state index in [0.29, 0.717) is 6.04 Å². The van der Waals surface area contributed by atoms with Gasteiger partial charge in [-0.05, 0) is 25.5 Å². The Morgan fingerprint density at radius 1 is 1.35 bits per heavy atom. The van der Waals surface area contributed by atoms with Crippen molar-refractivity contribution < 1.29 is 0 Å². The zero-order valence-electron chi connectivity index (χ0n) is 10.0. The fourth-order valence-electron chi connectivity index (χ4n) is 1.70. The van der Waals surface area contributed by atoms with Gasteiger partial charge in [-0.25, -0.2) is 4.68 Å². The van der Waals surface area contributed by atoms with Gasteiger partial charge in [0.05, 0.1) is 11.7 Å². The molecule has 3 nitrogen and oxygen atoms in total. The summed E-state index contributed by atoms with van der Waals surface area (Å²) < 4.78 is 2.95. The van der Waals surface area contributed by atoms with Crippen LogP contribution in [0.2, 0.25) is 0 Å². The van der Waals surface area contributed by atoms with Crippen LogP contribution in [0.4, 0.5) is 5.82 Å². The first-order valence-corrected chi connectivity index (χ1v) is 6.52. The Bertz CT molecular complexity index is 502. The normalized spacial score (nSPS) is 12.6. The van der Waals surface area contributed by atoms with Gasteiger partial charge in [-0.15, -0.1) is 0 Å². The van der Waals surface area contributed by atoms with Crippen LogP contribution in [0.15, 0.2) is 34.8 Å². The van der Waals surface area contributed by atoms with Crippen molar-refractivity contribution in [1.82, 2.24) is 9.78 Å². The minimum absolute atomic E-state index is 0.333. The molecule has 2 aromatic rings. The van der Waals surface area contributed by atoms with E-state index in [1.54, 1.807) is 0 Å². The van der Waals surface area contributed by atoms with Crippen molar-refractivity contribution in [2.75, 3.05) is 5.73 Å². The summed E-state index contributed by atoms with van der Waals surface area (Å²) in [6.07, 6.45) is 1.02. The van der Waals surface area contributed by atoms with Crippen molar-refractivity contribution in [3.63, 3.8) is 0 Å². The molecular weight excluding hydrogens is 278 g/mol. The Kier molecular flexibility index (Phi) is 3.52. The number of anilines is 1. The highest BCUT2D eigenvalue weighted by molar-refractivity contribution is 9.10. The maximum Gasteiger partial charge on any atom is 0.122 e. The Hall–Kier alpha value is -1.29. The highest BCUT2D eigenvalue weighted by atomic mass is 79.9. The summed E-state index contributed by atoms with van der Waals surface area (Å²) in [5.74, 6) is 0.720. The third-order valence-electron chi connectivity index (χ3n) is 2.91. The van der Waals surface area contributed by atoms with E-state index in [2.05, 4.69) is 34.9 Å². The van der Waals surface area contributed by atoms with Crippen molar-refractivity contribution in [3.05, 3.63) is 34.8 Å². The molecule has 1 atom stereocenters. The first kappa shape index (κ1) is 12.2. The van der Waals surface area contributed by atoms with Gasteiger partial charge in [-0.3, -0.25) is 0 Å². The summed E-state index contributed by atoms with van der Waals surface area (Å²) in [4.78, 5) is 0. The highest BCUT2D eigenvalue weighted by Gasteiger charge is 2.10. The number of aromatic nitrogens is 2. The summed E-state index contributed by atoms with van der Waals surface area (Å²) in [5, 5.41) is 4.56. The summed E-state index contributed by atoms with van der Waals surface area (Å²) in [5.41, 5.74) is 7.99. The van der Waals surface area contributed by atoms with E-state index < -0.39 is 0 Å². The van der Waals surface area contributed by atoms with Crippen LogP contribution in [-0.4, -0.2) is 9.78 Å². The lowest BCUT2D eigenvalue weighted by Crippen LogP contribution is -2.08. The predicted molar refractivity (Wildman–Crippen MR) is 74.8 cm³/mol. The minimum atomic E-state index is 0.333. The molecule has 0 amide bonds. The van der Waals surface area contributed by atoms with Crippen LogP contribution in [0.3, 0.4) is 0 Å². The Morgan fingerprint density at radius 2 is 2.00 bits per heavy atom. The molecular formula is C13H16BrN3. The van der Waals surface area contributed by atoms with Gasteiger partial charge in [0.2, 0.25) is 0 Å². The first-order chi connectivity index (χ1) is 8.11. The number of nitrogen functional groups attached to an aromatic ring is 1. The summed E-state index contributed by atoms with van der Waals surface area (Å²) in [7, 11) is 0. The molecule has 0 radical (unpaired) electrons. The topological polar surface area (TPSA) is 43.8 Å². The molecule has 0 fully saturated rings. The lowest BCUT2D eigenvalue weighted by Gasteiger charge is -2.10. The fourth-order valence-corrected chi connectivity index (χ4v) is 1.96. The summed E-state index contributed by atoms with van der Waals surface area (Å²) >= 11 is 3.42. The lowest BCUT2D eigenvalue weighted by atomic mass is 10.2. The van der Waals surface area contributed by atoms with Crippen LogP contribution in [0.25, 0.3) is 11.3 Å². The van der Waals surface area contributed by atoms with E-state index in [-0.39, 0.29) is 0 Å². The van der Waals surface area contributed by atoms with E-state index in [1.807, 2.05) is 35.0 Å². The van der Waals surface area contributed by atoms with E-state index >= 15 is 0 Å². The van der Waals surface area contributed by atoms with Crippen LogP contribution in [-0.2, 0) is 0 Å². The second-order valence-electron chi connectivity index (χ2n) is 4.16. The standard InChI is InChI=1S/C13H16BrN3/c1-3-9(2)17-13(15)8-12(16-17)10-4-6-11(14)7-5-10/h4-9H,3,15H2,1-2H3. The molecule has 17 heavy (non-hydrogen) atoms. The number of rotatable bonds is 3. The second-order valence-corrected chi connectivity index (χ2v) is 5.08. The molecule has 1 unspecified atom stereocenters. The molecule has 0 bridgehead atoms. The smallest absolute Gasteiger partial charge is 0.122 e.